The molecule has 5 rings (SSSR count). The van der Waals surface area contributed by atoms with Crippen LogP contribution in [0.25, 0.3) is 32.4 Å². The van der Waals surface area contributed by atoms with Gasteiger partial charge in [0.25, 0.3) is 0 Å². The monoisotopic (exact) mass is 357 g/mol. The predicted molar refractivity (Wildman–Crippen MR) is 106 cm³/mol. The van der Waals surface area contributed by atoms with E-state index in [-0.39, 0.29) is 0 Å². The SMILES string of the molecule is c1ccc(CNc2nc3c(-c4nnc[nH]4)cccc3c3sccc23)cc1. The minimum absolute atomic E-state index is 0.730. The summed E-state index contributed by atoms with van der Waals surface area (Å²) in [4.78, 5) is 8.04. The maximum Gasteiger partial charge on any atom is 0.163 e. The van der Waals surface area contributed by atoms with E-state index in [1.165, 1.54) is 10.3 Å². The molecule has 0 radical (unpaired) electrons. The molecule has 126 valence electrons. The molecule has 0 aliphatic rings. The zero-order valence-corrected chi connectivity index (χ0v) is 14.6. The summed E-state index contributed by atoms with van der Waals surface area (Å²) in [5.41, 5.74) is 3.11. The first-order valence-electron chi connectivity index (χ1n) is 8.34. The number of H-pyrrole nitrogens is 1. The number of rotatable bonds is 4. The zero-order chi connectivity index (χ0) is 17.3. The van der Waals surface area contributed by atoms with Crippen molar-refractivity contribution in [2.75, 3.05) is 5.32 Å². The van der Waals surface area contributed by atoms with Crippen LogP contribution in [0.1, 0.15) is 5.56 Å². The quantitative estimate of drug-likeness (QED) is 0.483. The number of aromatic amines is 1. The topological polar surface area (TPSA) is 66.5 Å². The van der Waals surface area contributed by atoms with Gasteiger partial charge in [0.15, 0.2) is 5.82 Å². The molecular formula is C20H15N5S. The van der Waals surface area contributed by atoms with Crippen LogP contribution in [0.4, 0.5) is 5.82 Å². The second kappa shape index (κ2) is 6.24. The maximum atomic E-state index is 4.95. The molecule has 0 aliphatic heterocycles. The molecule has 5 aromatic rings. The Bertz CT molecular complexity index is 1180. The van der Waals surface area contributed by atoms with Gasteiger partial charge < -0.3 is 10.3 Å². The molecule has 0 saturated heterocycles. The molecule has 3 aromatic heterocycles. The Kier molecular flexibility index (Phi) is 3.61. The lowest BCUT2D eigenvalue weighted by Gasteiger charge is -2.11. The van der Waals surface area contributed by atoms with Crippen molar-refractivity contribution in [3.05, 3.63) is 71.9 Å². The fraction of sp³-hybridized carbons (Fsp3) is 0.0500. The van der Waals surface area contributed by atoms with Gasteiger partial charge in [-0.2, -0.15) is 0 Å². The van der Waals surface area contributed by atoms with Crippen LogP contribution in [-0.4, -0.2) is 20.2 Å². The van der Waals surface area contributed by atoms with Crippen molar-refractivity contribution in [3.63, 3.8) is 0 Å². The number of pyridine rings is 1. The van der Waals surface area contributed by atoms with Crippen LogP contribution in [0.5, 0.6) is 0 Å². The Morgan fingerprint density at radius 1 is 0.962 bits per heavy atom. The van der Waals surface area contributed by atoms with E-state index in [0.717, 1.165) is 40.0 Å². The summed E-state index contributed by atoms with van der Waals surface area (Å²) >= 11 is 1.73. The third-order valence-electron chi connectivity index (χ3n) is 4.40. The number of hydrogen-bond acceptors (Lipinski definition) is 5. The number of aromatic nitrogens is 4. The van der Waals surface area contributed by atoms with E-state index in [1.807, 2.05) is 30.3 Å². The summed E-state index contributed by atoms with van der Waals surface area (Å²) in [6, 6.07) is 18.6. The lowest BCUT2D eigenvalue weighted by molar-refractivity contribution is 1.09. The summed E-state index contributed by atoms with van der Waals surface area (Å²) in [5, 5.41) is 16.0. The predicted octanol–water partition coefficient (Wildman–Crippen LogP) is 4.85. The van der Waals surface area contributed by atoms with Gasteiger partial charge in [0.1, 0.15) is 12.1 Å². The van der Waals surface area contributed by atoms with Gasteiger partial charge in [0.2, 0.25) is 0 Å². The van der Waals surface area contributed by atoms with E-state index >= 15 is 0 Å². The molecule has 0 amide bonds. The average molecular weight is 357 g/mol. The Labute approximate surface area is 153 Å². The zero-order valence-electron chi connectivity index (χ0n) is 13.8. The molecule has 0 saturated carbocycles. The van der Waals surface area contributed by atoms with Crippen LogP contribution in [0.15, 0.2) is 66.3 Å². The van der Waals surface area contributed by atoms with E-state index < -0.39 is 0 Å². The maximum absolute atomic E-state index is 4.95. The van der Waals surface area contributed by atoms with Crippen molar-refractivity contribution >= 4 is 38.1 Å². The highest BCUT2D eigenvalue weighted by Gasteiger charge is 2.14. The Balaban J connectivity index is 1.67. The second-order valence-electron chi connectivity index (χ2n) is 6.00. The van der Waals surface area contributed by atoms with E-state index in [9.17, 15) is 0 Å². The lowest BCUT2D eigenvalue weighted by Crippen LogP contribution is -2.02. The molecule has 5 nitrogen and oxygen atoms in total. The van der Waals surface area contributed by atoms with Crippen LogP contribution < -0.4 is 5.32 Å². The summed E-state index contributed by atoms with van der Waals surface area (Å²) < 4.78 is 1.23. The van der Waals surface area contributed by atoms with Gasteiger partial charge in [-0.15, -0.1) is 21.5 Å². The smallest absolute Gasteiger partial charge is 0.163 e. The molecule has 0 spiro atoms. The fourth-order valence-corrected chi connectivity index (χ4v) is 4.09. The Morgan fingerprint density at radius 2 is 1.88 bits per heavy atom. The number of nitrogens with one attached hydrogen (secondary N) is 2. The first kappa shape index (κ1) is 15.0. The van der Waals surface area contributed by atoms with Crippen LogP contribution in [0.3, 0.4) is 0 Å². The largest absolute Gasteiger partial charge is 0.365 e. The number of benzene rings is 2. The van der Waals surface area contributed by atoms with E-state index in [4.69, 9.17) is 4.98 Å². The Morgan fingerprint density at radius 3 is 2.73 bits per heavy atom. The first-order valence-corrected chi connectivity index (χ1v) is 9.22. The van der Waals surface area contributed by atoms with Crippen molar-refractivity contribution in [1.82, 2.24) is 20.2 Å². The number of para-hydroxylation sites is 1. The van der Waals surface area contributed by atoms with Crippen molar-refractivity contribution in [2.45, 2.75) is 6.54 Å². The number of nitrogens with zero attached hydrogens (tertiary/aromatic N) is 3. The van der Waals surface area contributed by atoms with Crippen molar-refractivity contribution in [3.8, 4) is 11.4 Å². The van der Waals surface area contributed by atoms with Crippen LogP contribution in [0.2, 0.25) is 0 Å². The lowest BCUT2D eigenvalue weighted by atomic mass is 10.1. The third-order valence-corrected chi connectivity index (χ3v) is 5.35. The van der Waals surface area contributed by atoms with E-state index in [1.54, 1.807) is 17.7 Å². The first-order chi connectivity index (χ1) is 12.9. The van der Waals surface area contributed by atoms with Crippen LogP contribution in [-0.2, 0) is 6.54 Å². The van der Waals surface area contributed by atoms with Crippen LogP contribution >= 0.6 is 11.3 Å². The summed E-state index contributed by atoms with van der Waals surface area (Å²) in [5.74, 6) is 1.62. The fourth-order valence-electron chi connectivity index (χ4n) is 3.17. The summed E-state index contributed by atoms with van der Waals surface area (Å²) in [7, 11) is 0. The molecule has 0 atom stereocenters. The van der Waals surface area contributed by atoms with Gasteiger partial charge in [0.05, 0.1) is 5.52 Å². The minimum atomic E-state index is 0.730. The van der Waals surface area contributed by atoms with Gasteiger partial charge in [-0.3, -0.25) is 0 Å². The van der Waals surface area contributed by atoms with Gasteiger partial charge in [-0.1, -0.05) is 42.5 Å². The minimum Gasteiger partial charge on any atom is -0.365 e. The molecule has 0 unspecified atom stereocenters. The number of thiophene rings is 1. The number of anilines is 1. The molecule has 6 heteroatoms. The molecule has 2 N–H and O–H groups in total. The molecular weight excluding hydrogens is 342 g/mol. The van der Waals surface area contributed by atoms with Crippen molar-refractivity contribution in [1.29, 1.82) is 0 Å². The highest BCUT2D eigenvalue weighted by molar-refractivity contribution is 7.18. The molecule has 0 bridgehead atoms. The van der Waals surface area contributed by atoms with Crippen LogP contribution in [0, 0.1) is 0 Å². The average Bonchev–Trinajstić information content (AvgIpc) is 3.38. The van der Waals surface area contributed by atoms with Gasteiger partial charge in [-0.05, 0) is 23.1 Å². The van der Waals surface area contributed by atoms with E-state index in [0.29, 0.717) is 0 Å². The normalized spacial score (nSPS) is 11.2. The molecule has 3 heterocycles. The van der Waals surface area contributed by atoms with Crippen molar-refractivity contribution in [2.24, 2.45) is 0 Å². The molecule has 2 aromatic carbocycles. The molecule has 0 aliphatic carbocycles. The third kappa shape index (κ3) is 2.51. The summed E-state index contributed by atoms with van der Waals surface area (Å²) in [6.07, 6.45) is 1.59. The van der Waals surface area contributed by atoms with Gasteiger partial charge >= 0.3 is 0 Å². The van der Waals surface area contributed by atoms with Gasteiger partial charge in [-0.25, -0.2) is 4.98 Å². The number of hydrogen-bond donors (Lipinski definition) is 2. The standard InChI is InChI=1S/C20H15N5S/c1-2-5-13(6-3-1)11-21-19-16-9-10-26-18(16)14-7-4-8-15(17(14)24-19)20-22-12-23-25-20/h1-10,12H,11H2,(H,21,24)(H,22,23,25). The van der Waals surface area contributed by atoms with E-state index in [2.05, 4.69) is 50.1 Å². The Hall–Kier alpha value is -3.25. The number of fused-ring (bicyclic) bond motifs is 3. The van der Waals surface area contributed by atoms with Gasteiger partial charge in [0, 0.05) is 27.6 Å². The van der Waals surface area contributed by atoms with Crippen molar-refractivity contribution < 1.29 is 0 Å². The molecule has 26 heavy (non-hydrogen) atoms. The highest BCUT2D eigenvalue weighted by atomic mass is 32.1. The highest BCUT2D eigenvalue weighted by Crippen LogP contribution is 2.36. The summed E-state index contributed by atoms with van der Waals surface area (Å²) in [6.45, 7) is 0.731. The second-order valence-corrected chi connectivity index (χ2v) is 6.92. The molecule has 0 fully saturated rings.